The van der Waals surface area contributed by atoms with Gasteiger partial charge in [0.25, 0.3) is 0 Å². The van der Waals surface area contributed by atoms with Crippen molar-refractivity contribution in [1.82, 2.24) is 14.8 Å². The summed E-state index contributed by atoms with van der Waals surface area (Å²) in [5, 5.41) is 4.21. The van der Waals surface area contributed by atoms with Crippen molar-refractivity contribution in [2.45, 2.75) is 13.5 Å². The first-order valence-electron chi connectivity index (χ1n) is 4.87. The molecule has 2 aromatic rings. The van der Waals surface area contributed by atoms with Crippen LogP contribution in [-0.4, -0.2) is 14.8 Å². The summed E-state index contributed by atoms with van der Waals surface area (Å²) in [5.74, 6) is 1.67. The molecule has 1 heterocycles. The third kappa shape index (κ3) is 1.89. The molecular formula is C11H14N4. The number of hydrogen-bond acceptors (Lipinski definition) is 3. The van der Waals surface area contributed by atoms with Gasteiger partial charge in [-0.15, -0.1) is 0 Å². The number of hydrogen-bond donors (Lipinski definition) is 1. The van der Waals surface area contributed by atoms with E-state index < -0.39 is 0 Å². The standard InChI is InChI=1S/C11H14N4/c1-8-13-11(15(2)14-8)10-5-3-9(7-12)4-6-10/h3-6H,7,12H2,1-2H3. The van der Waals surface area contributed by atoms with E-state index in [1.54, 1.807) is 4.68 Å². The zero-order valence-electron chi connectivity index (χ0n) is 8.94. The molecule has 0 radical (unpaired) electrons. The van der Waals surface area contributed by atoms with Crippen molar-refractivity contribution in [2.75, 3.05) is 0 Å². The van der Waals surface area contributed by atoms with E-state index in [4.69, 9.17) is 5.73 Å². The van der Waals surface area contributed by atoms with Crippen molar-refractivity contribution in [1.29, 1.82) is 0 Å². The molecule has 0 saturated heterocycles. The summed E-state index contributed by atoms with van der Waals surface area (Å²) >= 11 is 0. The van der Waals surface area contributed by atoms with Crippen molar-refractivity contribution >= 4 is 0 Å². The molecule has 0 saturated carbocycles. The molecule has 0 aliphatic rings. The Labute approximate surface area is 88.8 Å². The molecule has 0 fully saturated rings. The zero-order valence-corrected chi connectivity index (χ0v) is 8.94. The van der Waals surface area contributed by atoms with Gasteiger partial charge in [0.2, 0.25) is 0 Å². The first kappa shape index (κ1) is 9.86. The zero-order chi connectivity index (χ0) is 10.8. The lowest BCUT2D eigenvalue weighted by Crippen LogP contribution is -1.97. The summed E-state index contributed by atoms with van der Waals surface area (Å²) in [6.45, 7) is 2.45. The minimum atomic E-state index is 0.568. The van der Waals surface area contributed by atoms with Crippen LogP contribution in [0.1, 0.15) is 11.4 Å². The van der Waals surface area contributed by atoms with Crippen LogP contribution in [0.5, 0.6) is 0 Å². The number of nitrogens with zero attached hydrogens (tertiary/aromatic N) is 3. The van der Waals surface area contributed by atoms with Gasteiger partial charge in [-0.25, -0.2) is 9.67 Å². The molecule has 2 N–H and O–H groups in total. The van der Waals surface area contributed by atoms with Gasteiger partial charge in [-0.2, -0.15) is 5.10 Å². The Hall–Kier alpha value is -1.68. The lowest BCUT2D eigenvalue weighted by atomic mass is 10.1. The molecule has 1 aromatic heterocycles. The second-order valence-corrected chi connectivity index (χ2v) is 3.51. The summed E-state index contributed by atoms with van der Waals surface area (Å²) in [6.07, 6.45) is 0. The van der Waals surface area contributed by atoms with Crippen LogP contribution in [0.4, 0.5) is 0 Å². The average molecular weight is 202 g/mol. The van der Waals surface area contributed by atoms with Gasteiger partial charge < -0.3 is 5.73 Å². The van der Waals surface area contributed by atoms with Crippen LogP contribution in [0.2, 0.25) is 0 Å². The molecule has 0 aliphatic heterocycles. The lowest BCUT2D eigenvalue weighted by molar-refractivity contribution is 0.764. The van der Waals surface area contributed by atoms with E-state index >= 15 is 0 Å². The summed E-state index contributed by atoms with van der Waals surface area (Å²) in [4.78, 5) is 4.36. The van der Waals surface area contributed by atoms with Gasteiger partial charge in [-0.05, 0) is 12.5 Å². The van der Waals surface area contributed by atoms with E-state index in [-0.39, 0.29) is 0 Å². The number of benzene rings is 1. The Morgan fingerprint density at radius 2 is 1.93 bits per heavy atom. The molecule has 0 bridgehead atoms. The van der Waals surface area contributed by atoms with Gasteiger partial charge in [0.15, 0.2) is 5.82 Å². The predicted octanol–water partition coefficient (Wildman–Crippen LogP) is 1.25. The van der Waals surface area contributed by atoms with Gasteiger partial charge in [0.1, 0.15) is 5.82 Å². The second-order valence-electron chi connectivity index (χ2n) is 3.51. The van der Waals surface area contributed by atoms with Crippen LogP contribution in [0.15, 0.2) is 24.3 Å². The smallest absolute Gasteiger partial charge is 0.158 e. The number of nitrogens with two attached hydrogens (primary N) is 1. The quantitative estimate of drug-likeness (QED) is 0.797. The van der Waals surface area contributed by atoms with Crippen molar-refractivity contribution in [3.63, 3.8) is 0 Å². The summed E-state index contributed by atoms with van der Waals surface area (Å²) in [7, 11) is 1.90. The van der Waals surface area contributed by atoms with Gasteiger partial charge in [-0.1, -0.05) is 24.3 Å². The lowest BCUT2D eigenvalue weighted by Gasteiger charge is -2.01. The monoisotopic (exact) mass is 202 g/mol. The molecule has 1 aromatic carbocycles. The Kier molecular flexibility index (Phi) is 2.51. The molecule has 0 spiro atoms. The summed E-state index contributed by atoms with van der Waals surface area (Å²) in [6, 6.07) is 8.07. The highest BCUT2D eigenvalue weighted by Gasteiger charge is 2.05. The molecule has 4 nitrogen and oxygen atoms in total. The van der Waals surface area contributed by atoms with E-state index in [0.717, 1.165) is 22.8 Å². The van der Waals surface area contributed by atoms with Crippen LogP contribution in [0, 0.1) is 6.92 Å². The Morgan fingerprint density at radius 1 is 1.27 bits per heavy atom. The van der Waals surface area contributed by atoms with E-state index in [0.29, 0.717) is 6.54 Å². The molecule has 0 amide bonds. The Balaban J connectivity index is 2.41. The van der Waals surface area contributed by atoms with E-state index in [9.17, 15) is 0 Å². The highest BCUT2D eigenvalue weighted by Crippen LogP contribution is 2.16. The topological polar surface area (TPSA) is 56.7 Å². The molecule has 4 heteroatoms. The van der Waals surface area contributed by atoms with E-state index in [1.807, 2.05) is 38.2 Å². The predicted molar refractivity (Wildman–Crippen MR) is 59.1 cm³/mol. The van der Waals surface area contributed by atoms with Gasteiger partial charge in [-0.3, -0.25) is 0 Å². The van der Waals surface area contributed by atoms with E-state index in [2.05, 4.69) is 10.1 Å². The van der Waals surface area contributed by atoms with Crippen LogP contribution in [0.3, 0.4) is 0 Å². The van der Waals surface area contributed by atoms with Crippen LogP contribution in [0.25, 0.3) is 11.4 Å². The molecular weight excluding hydrogens is 188 g/mol. The van der Waals surface area contributed by atoms with E-state index in [1.165, 1.54) is 0 Å². The third-order valence-electron chi connectivity index (χ3n) is 2.32. The average Bonchev–Trinajstić information content (AvgIpc) is 2.58. The van der Waals surface area contributed by atoms with Crippen LogP contribution < -0.4 is 5.73 Å². The fourth-order valence-electron chi connectivity index (χ4n) is 1.55. The van der Waals surface area contributed by atoms with Crippen molar-refractivity contribution in [3.05, 3.63) is 35.7 Å². The first-order valence-corrected chi connectivity index (χ1v) is 4.87. The normalized spacial score (nSPS) is 10.6. The van der Waals surface area contributed by atoms with Gasteiger partial charge in [0, 0.05) is 19.2 Å². The highest BCUT2D eigenvalue weighted by atomic mass is 15.3. The number of aromatic nitrogens is 3. The third-order valence-corrected chi connectivity index (χ3v) is 2.32. The minimum absolute atomic E-state index is 0.568. The number of rotatable bonds is 2. The summed E-state index contributed by atoms with van der Waals surface area (Å²) < 4.78 is 1.78. The molecule has 0 atom stereocenters. The SMILES string of the molecule is Cc1nc(-c2ccc(CN)cc2)n(C)n1. The Morgan fingerprint density at radius 3 is 2.40 bits per heavy atom. The van der Waals surface area contributed by atoms with Crippen molar-refractivity contribution in [3.8, 4) is 11.4 Å². The Bertz CT molecular complexity index is 456. The number of aryl methyl sites for hydroxylation is 2. The molecule has 78 valence electrons. The fourth-order valence-corrected chi connectivity index (χ4v) is 1.55. The second kappa shape index (κ2) is 3.82. The van der Waals surface area contributed by atoms with Crippen LogP contribution in [-0.2, 0) is 13.6 Å². The molecule has 2 rings (SSSR count). The maximum absolute atomic E-state index is 5.54. The molecule has 0 aliphatic carbocycles. The summed E-state index contributed by atoms with van der Waals surface area (Å²) in [5.41, 5.74) is 7.73. The molecule has 0 unspecified atom stereocenters. The van der Waals surface area contributed by atoms with Crippen molar-refractivity contribution in [2.24, 2.45) is 12.8 Å². The maximum Gasteiger partial charge on any atom is 0.158 e. The van der Waals surface area contributed by atoms with Gasteiger partial charge >= 0.3 is 0 Å². The maximum atomic E-state index is 5.54. The van der Waals surface area contributed by atoms with Crippen molar-refractivity contribution < 1.29 is 0 Å². The highest BCUT2D eigenvalue weighted by molar-refractivity contribution is 5.55. The minimum Gasteiger partial charge on any atom is -0.326 e. The van der Waals surface area contributed by atoms with Crippen LogP contribution >= 0.6 is 0 Å². The largest absolute Gasteiger partial charge is 0.326 e. The molecule has 15 heavy (non-hydrogen) atoms. The fraction of sp³-hybridized carbons (Fsp3) is 0.273. The van der Waals surface area contributed by atoms with Gasteiger partial charge in [0.05, 0.1) is 0 Å². The first-order chi connectivity index (χ1) is 7.20.